The normalized spacial score (nSPS) is 17.4. The fraction of sp³-hybridized carbons (Fsp3) is 0.552. The van der Waals surface area contributed by atoms with Gasteiger partial charge in [-0.25, -0.2) is 4.98 Å². The first kappa shape index (κ1) is 31.4. The Labute approximate surface area is 251 Å². The molecular formula is C29H42ClN7O3S. The number of aliphatic hydroxyl groups is 1. The summed E-state index contributed by atoms with van der Waals surface area (Å²) >= 11 is 4.95. The summed E-state index contributed by atoms with van der Waals surface area (Å²) in [7, 11) is 1.71. The molecule has 1 aliphatic heterocycles. The van der Waals surface area contributed by atoms with E-state index in [4.69, 9.17) is 21.7 Å². The van der Waals surface area contributed by atoms with E-state index in [1.807, 2.05) is 13.8 Å². The number of β-amino-alcohol motifs (C(OH)–C–C–N with tert-alkyl or cyclic N) is 1. The number of hydrogen-bond acceptors (Lipinski definition) is 10. The lowest BCUT2D eigenvalue weighted by Crippen LogP contribution is -2.35. The van der Waals surface area contributed by atoms with Gasteiger partial charge in [-0.1, -0.05) is 25.4 Å². The van der Waals surface area contributed by atoms with Gasteiger partial charge >= 0.3 is 0 Å². The van der Waals surface area contributed by atoms with Gasteiger partial charge in [-0.05, 0) is 80.8 Å². The average Bonchev–Trinajstić information content (AvgIpc) is 3.76. The molecule has 2 aromatic rings. The van der Waals surface area contributed by atoms with Gasteiger partial charge in [0.25, 0.3) is 5.04 Å². The van der Waals surface area contributed by atoms with Crippen LogP contribution in [0.1, 0.15) is 56.6 Å². The van der Waals surface area contributed by atoms with Gasteiger partial charge in [0.05, 0.1) is 24.6 Å². The highest BCUT2D eigenvalue weighted by molar-refractivity contribution is 8.06. The molecule has 10 nitrogen and oxygen atoms in total. The van der Waals surface area contributed by atoms with Crippen molar-refractivity contribution in [3.63, 3.8) is 0 Å². The number of nitrogens with one attached hydrogen (secondary N) is 4. The molecule has 0 spiro atoms. The quantitative estimate of drug-likeness (QED) is 0.125. The van der Waals surface area contributed by atoms with Crippen molar-refractivity contribution in [2.45, 2.75) is 58.5 Å². The minimum Gasteiger partial charge on any atom is -0.610 e. The number of aliphatic hydroxyl groups excluding tert-OH is 1. The van der Waals surface area contributed by atoms with E-state index in [1.165, 1.54) is 17.3 Å². The summed E-state index contributed by atoms with van der Waals surface area (Å²) in [4.78, 5) is 11.3. The molecule has 0 radical (unpaired) electrons. The minimum absolute atomic E-state index is 0.0363. The highest BCUT2D eigenvalue weighted by Gasteiger charge is 2.28. The van der Waals surface area contributed by atoms with Crippen LogP contribution in [-0.2, 0) is 11.2 Å². The van der Waals surface area contributed by atoms with Gasteiger partial charge in [0.2, 0.25) is 5.95 Å². The lowest BCUT2D eigenvalue weighted by atomic mass is 9.86. The molecule has 2 heterocycles. The zero-order valence-corrected chi connectivity index (χ0v) is 25.9. The van der Waals surface area contributed by atoms with Crippen LogP contribution in [0.25, 0.3) is 0 Å². The molecule has 1 unspecified atom stereocenters. The molecule has 1 aromatic heterocycles. The molecule has 0 amide bonds. The molecule has 2 fully saturated rings. The molecule has 1 aliphatic carbocycles. The van der Waals surface area contributed by atoms with Gasteiger partial charge in [-0.15, -0.1) is 0 Å². The van der Waals surface area contributed by atoms with Crippen LogP contribution in [0.5, 0.6) is 5.75 Å². The maximum atomic E-state index is 12.7. The van der Waals surface area contributed by atoms with Gasteiger partial charge in [0.1, 0.15) is 22.2 Å². The fourth-order valence-corrected chi connectivity index (χ4v) is 6.15. The standard InChI is InChI=1S/C29H42ClN7O3S/c1-18(2)17-41(39)27(31)25(16-32-4)34-28-23(30)15-33-29(36-28)35-24-13-19(3)22(14-26(24)40-21-5-6-21)20-7-9-37(10-8-20)11-12-38/h13-16,18,20-21,31-32,38H,5-12,17H2,1-4H3,(H2,33,34,35,36)/b25-16+,31-27?. The predicted octanol–water partition coefficient (Wildman–Crippen LogP) is 4.75. The summed E-state index contributed by atoms with van der Waals surface area (Å²) in [5.41, 5.74) is 3.56. The number of aromatic nitrogens is 2. The van der Waals surface area contributed by atoms with Crippen LogP contribution in [0, 0.1) is 18.3 Å². The topological polar surface area (TPSA) is 141 Å². The Morgan fingerprint density at radius 1 is 1.29 bits per heavy atom. The van der Waals surface area contributed by atoms with Crippen LogP contribution >= 0.6 is 11.6 Å². The van der Waals surface area contributed by atoms with Crippen LogP contribution in [0.15, 0.2) is 30.2 Å². The van der Waals surface area contributed by atoms with Gasteiger partial charge in [-0.3, -0.25) is 5.41 Å². The summed E-state index contributed by atoms with van der Waals surface area (Å²) in [5, 5.41) is 27.3. The number of anilines is 3. The molecule has 1 saturated heterocycles. The number of aryl methyl sites for hydroxylation is 1. The SMILES string of the molecule is CN/C=C(/Nc1nc(Nc2cc(C)c(C3CCN(CCO)CC3)cc2OC2CC2)ncc1Cl)C(=N)[S+]([O-])CC(C)C. The molecule has 1 aromatic carbocycles. The maximum Gasteiger partial charge on any atom is 0.262 e. The van der Waals surface area contributed by atoms with E-state index < -0.39 is 11.2 Å². The molecule has 5 N–H and O–H groups in total. The van der Waals surface area contributed by atoms with Crippen molar-refractivity contribution in [2.24, 2.45) is 5.92 Å². The molecule has 12 heteroatoms. The van der Waals surface area contributed by atoms with E-state index in [1.54, 1.807) is 13.2 Å². The highest BCUT2D eigenvalue weighted by Crippen LogP contribution is 2.40. The number of benzene rings is 1. The second-order valence-corrected chi connectivity index (χ2v) is 12.9. The lowest BCUT2D eigenvalue weighted by molar-refractivity contribution is 0.164. The number of hydrogen-bond donors (Lipinski definition) is 5. The summed E-state index contributed by atoms with van der Waals surface area (Å²) in [5.74, 6) is 2.40. The Kier molecular flexibility index (Phi) is 11.1. The first-order valence-corrected chi connectivity index (χ1v) is 15.9. The van der Waals surface area contributed by atoms with Crippen molar-refractivity contribution in [3.05, 3.63) is 46.4 Å². The van der Waals surface area contributed by atoms with E-state index in [2.05, 4.69) is 49.9 Å². The maximum absolute atomic E-state index is 12.7. The van der Waals surface area contributed by atoms with Gasteiger partial charge in [-0.2, -0.15) is 4.98 Å². The first-order valence-electron chi connectivity index (χ1n) is 14.2. The molecule has 4 rings (SSSR count). The summed E-state index contributed by atoms with van der Waals surface area (Å²) < 4.78 is 19.0. The molecule has 41 heavy (non-hydrogen) atoms. The van der Waals surface area contributed by atoms with Crippen LogP contribution in [0.4, 0.5) is 17.5 Å². The smallest absolute Gasteiger partial charge is 0.262 e. The second kappa shape index (κ2) is 14.6. The lowest BCUT2D eigenvalue weighted by Gasteiger charge is -2.32. The summed E-state index contributed by atoms with van der Waals surface area (Å²) in [6, 6.07) is 4.26. The number of rotatable bonds is 13. The van der Waals surface area contributed by atoms with Crippen molar-refractivity contribution in [3.8, 4) is 5.75 Å². The number of halogens is 1. The van der Waals surface area contributed by atoms with E-state index in [0.717, 1.165) is 56.8 Å². The zero-order valence-electron chi connectivity index (χ0n) is 24.3. The molecule has 2 aliphatic rings. The van der Waals surface area contributed by atoms with Gasteiger partial charge in [0, 0.05) is 31.0 Å². The zero-order chi connectivity index (χ0) is 29.5. The Morgan fingerprint density at radius 3 is 2.66 bits per heavy atom. The Hall–Kier alpha value is -2.57. The van der Waals surface area contributed by atoms with E-state index >= 15 is 0 Å². The molecular weight excluding hydrogens is 562 g/mol. The number of ether oxygens (including phenoxy) is 1. The predicted molar refractivity (Wildman–Crippen MR) is 167 cm³/mol. The number of likely N-dealkylation sites (tertiary alicyclic amines) is 1. The Bertz CT molecular complexity index is 1230. The highest BCUT2D eigenvalue weighted by atomic mass is 35.5. The summed E-state index contributed by atoms with van der Waals surface area (Å²) in [6.45, 7) is 8.93. The second-order valence-electron chi connectivity index (χ2n) is 11.1. The summed E-state index contributed by atoms with van der Waals surface area (Å²) in [6.07, 6.45) is 7.46. The molecule has 1 atom stereocenters. The Balaban J connectivity index is 1.55. The van der Waals surface area contributed by atoms with E-state index in [9.17, 15) is 9.66 Å². The molecule has 224 valence electrons. The third-order valence-corrected chi connectivity index (χ3v) is 9.04. The fourth-order valence-electron chi connectivity index (χ4n) is 4.89. The van der Waals surface area contributed by atoms with Crippen molar-refractivity contribution < 1.29 is 14.4 Å². The minimum atomic E-state index is -1.48. The third-order valence-electron chi connectivity index (χ3n) is 7.12. The van der Waals surface area contributed by atoms with Crippen LogP contribution < -0.4 is 20.7 Å². The van der Waals surface area contributed by atoms with Crippen LogP contribution in [-0.4, -0.2) is 74.7 Å². The molecule has 1 saturated carbocycles. The first-order chi connectivity index (χ1) is 19.7. The third kappa shape index (κ3) is 8.71. The monoisotopic (exact) mass is 603 g/mol. The van der Waals surface area contributed by atoms with E-state index in [0.29, 0.717) is 29.1 Å². The number of nitrogens with zero attached hydrogens (tertiary/aromatic N) is 3. The van der Waals surface area contributed by atoms with Gasteiger partial charge < -0.3 is 35.2 Å². The van der Waals surface area contributed by atoms with Crippen LogP contribution in [0.2, 0.25) is 5.02 Å². The van der Waals surface area contributed by atoms with Crippen molar-refractivity contribution in [2.75, 3.05) is 49.7 Å². The average molecular weight is 604 g/mol. The Morgan fingerprint density at radius 2 is 2.02 bits per heavy atom. The van der Waals surface area contributed by atoms with Crippen molar-refractivity contribution >= 4 is 45.3 Å². The largest absolute Gasteiger partial charge is 0.610 e. The van der Waals surface area contributed by atoms with Crippen molar-refractivity contribution in [1.29, 1.82) is 5.41 Å². The van der Waals surface area contributed by atoms with Crippen LogP contribution in [0.3, 0.4) is 0 Å². The van der Waals surface area contributed by atoms with Crippen molar-refractivity contribution in [1.82, 2.24) is 20.2 Å². The van der Waals surface area contributed by atoms with E-state index in [-0.39, 0.29) is 28.7 Å². The van der Waals surface area contributed by atoms with Gasteiger partial charge in [0.15, 0.2) is 5.82 Å². The number of piperidine rings is 1. The molecule has 0 bridgehead atoms.